The minimum atomic E-state index is -0.329. The summed E-state index contributed by atoms with van der Waals surface area (Å²) in [6.45, 7) is 1.85. The molecular formula is C15H14Cl2FNO. The van der Waals surface area contributed by atoms with Gasteiger partial charge in [0.25, 0.3) is 0 Å². The average molecular weight is 314 g/mol. The number of benzene rings is 2. The summed E-state index contributed by atoms with van der Waals surface area (Å²) in [5.41, 5.74) is 6.46. The maximum absolute atomic E-state index is 13.3. The van der Waals surface area contributed by atoms with Gasteiger partial charge in [-0.3, -0.25) is 0 Å². The molecule has 2 rings (SSSR count). The molecule has 2 aromatic rings. The molecule has 2 N–H and O–H groups in total. The van der Waals surface area contributed by atoms with Gasteiger partial charge in [-0.05, 0) is 49.2 Å². The third-order valence-electron chi connectivity index (χ3n) is 2.70. The quantitative estimate of drug-likeness (QED) is 0.878. The highest BCUT2D eigenvalue weighted by Crippen LogP contribution is 2.36. The van der Waals surface area contributed by atoms with E-state index in [9.17, 15) is 4.39 Å². The third kappa shape index (κ3) is 3.63. The smallest absolute Gasteiger partial charge is 0.147 e. The summed E-state index contributed by atoms with van der Waals surface area (Å²) in [6, 6.07) is 9.31. The van der Waals surface area contributed by atoms with Crippen LogP contribution in [0.2, 0.25) is 10.0 Å². The fourth-order valence-electron chi connectivity index (χ4n) is 1.84. The molecule has 0 saturated heterocycles. The van der Waals surface area contributed by atoms with Gasteiger partial charge in [-0.25, -0.2) is 4.39 Å². The molecule has 0 fully saturated rings. The summed E-state index contributed by atoms with van der Waals surface area (Å²) in [5, 5.41) is 0.727. The fourth-order valence-corrected chi connectivity index (χ4v) is 2.17. The molecule has 1 atom stereocenters. The molecule has 1 unspecified atom stereocenters. The van der Waals surface area contributed by atoms with Crippen LogP contribution >= 0.6 is 23.2 Å². The molecule has 0 heterocycles. The molecule has 0 spiro atoms. The van der Waals surface area contributed by atoms with Crippen LogP contribution in [0.4, 0.5) is 4.39 Å². The second-order valence-electron chi connectivity index (χ2n) is 4.59. The maximum atomic E-state index is 13.3. The van der Waals surface area contributed by atoms with Crippen molar-refractivity contribution >= 4 is 23.2 Å². The minimum Gasteiger partial charge on any atom is -0.455 e. The number of ether oxygens (including phenoxy) is 1. The van der Waals surface area contributed by atoms with Crippen molar-refractivity contribution in [3.63, 3.8) is 0 Å². The van der Waals surface area contributed by atoms with Gasteiger partial charge in [0.1, 0.15) is 22.3 Å². The summed E-state index contributed by atoms with van der Waals surface area (Å²) < 4.78 is 19.1. The number of nitrogens with two attached hydrogens (primary N) is 1. The first kappa shape index (κ1) is 15.1. The van der Waals surface area contributed by atoms with Gasteiger partial charge in [0, 0.05) is 6.04 Å². The Balaban J connectivity index is 2.35. The number of rotatable bonds is 4. The van der Waals surface area contributed by atoms with Gasteiger partial charge >= 0.3 is 0 Å². The molecule has 0 aromatic heterocycles. The second-order valence-corrected chi connectivity index (χ2v) is 5.37. The van der Waals surface area contributed by atoms with Crippen LogP contribution in [-0.2, 0) is 6.42 Å². The zero-order chi connectivity index (χ0) is 14.7. The summed E-state index contributed by atoms with van der Waals surface area (Å²) in [5.74, 6) is 0.620. The predicted molar refractivity (Wildman–Crippen MR) is 80.3 cm³/mol. The molecule has 0 aliphatic heterocycles. The van der Waals surface area contributed by atoms with E-state index in [1.165, 1.54) is 12.1 Å². The normalized spacial score (nSPS) is 12.2. The van der Waals surface area contributed by atoms with Crippen LogP contribution in [0.1, 0.15) is 12.5 Å². The lowest BCUT2D eigenvalue weighted by atomic mass is 10.1. The Labute approximate surface area is 127 Å². The molecule has 20 heavy (non-hydrogen) atoms. The molecule has 0 amide bonds. The van der Waals surface area contributed by atoms with Crippen molar-refractivity contribution in [3.8, 4) is 11.5 Å². The van der Waals surface area contributed by atoms with Crippen molar-refractivity contribution in [3.05, 3.63) is 57.8 Å². The van der Waals surface area contributed by atoms with E-state index in [0.29, 0.717) is 33.5 Å². The zero-order valence-electron chi connectivity index (χ0n) is 10.9. The summed E-state index contributed by atoms with van der Waals surface area (Å²) in [4.78, 5) is 0. The highest BCUT2D eigenvalue weighted by molar-refractivity contribution is 6.42. The molecule has 0 saturated carbocycles. The molecule has 0 aliphatic carbocycles. The molecule has 2 aromatic carbocycles. The lowest BCUT2D eigenvalue weighted by molar-refractivity contribution is 0.471. The van der Waals surface area contributed by atoms with Gasteiger partial charge in [0.15, 0.2) is 0 Å². The predicted octanol–water partition coefficient (Wildman–Crippen LogP) is 4.81. The van der Waals surface area contributed by atoms with Crippen molar-refractivity contribution in [1.82, 2.24) is 0 Å². The lowest BCUT2D eigenvalue weighted by Gasteiger charge is -2.14. The third-order valence-corrected chi connectivity index (χ3v) is 3.50. The summed E-state index contributed by atoms with van der Waals surface area (Å²) >= 11 is 12.0. The van der Waals surface area contributed by atoms with E-state index in [1.807, 2.05) is 6.92 Å². The largest absolute Gasteiger partial charge is 0.455 e. The minimum absolute atomic E-state index is 0.103. The molecule has 0 aliphatic rings. The van der Waals surface area contributed by atoms with Crippen LogP contribution < -0.4 is 10.5 Å². The van der Waals surface area contributed by atoms with Gasteiger partial charge in [-0.15, -0.1) is 0 Å². The Kier molecular flexibility index (Phi) is 4.86. The van der Waals surface area contributed by atoms with E-state index >= 15 is 0 Å². The van der Waals surface area contributed by atoms with Gasteiger partial charge in [-0.1, -0.05) is 29.3 Å². The van der Waals surface area contributed by atoms with Crippen LogP contribution in [0, 0.1) is 5.82 Å². The molecule has 5 heteroatoms. The standard InChI is InChI=1S/C15H14Cl2FNO/c1-9(19)7-10-8-11(18)5-6-13(10)20-14-4-2-3-12(16)15(14)17/h2-6,8-9H,7,19H2,1H3. The second kappa shape index (κ2) is 6.44. The Bertz CT molecular complexity index is 617. The lowest BCUT2D eigenvalue weighted by Crippen LogP contribution is -2.18. The van der Waals surface area contributed by atoms with Gasteiger partial charge in [0.2, 0.25) is 0 Å². The van der Waals surface area contributed by atoms with Crippen molar-refractivity contribution < 1.29 is 9.13 Å². The first-order valence-corrected chi connectivity index (χ1v) is 6.89. The van der Waals surface area contributed by atoms with Gasteiger partial charge in [-0.2, -0.15) is 0 Å². The maximum Gasteiger partial charge on any atom is 0.147 e. The van der Waals surface area contributed by atoms with Crippen LogP contribution in [-0.4, -0.2) is 6.04 Å². The van der Waals surface area contributed by atoms with E-state index in [-0.39, 0.29) is 11.9 Å². The highest BCUT2D eigenvalue weighted by Gasteiger charge is 2.12. The molecule has 106 valence electrons. The molecule has 0 radical (unpaired) electrons. The Hall–Kier alpha value is -1.29. The van der Waals surface area contributed by atoms with Crippen molar-refractivity contribution in [2.75, 3.05) is 0 Å². The SMILES string of the molecule is CC(N)Cc1cc(F)ccc1Oc1cccc(Cl)c1Cl. The van der Waals surface area contributed by atoms with Crippen molar-refractivity contribution in [1.29, 1.82) is 0 Å². The highest BCUT2D eigenvalue weighted by atomic mass is 35.5. The van der Waals surface area contributed by atoms with Gasteiger partial charge < -0.3 is 10.5 Å². The summed E-state index contributed by atoms with van der Waals surface area (Å²) in [7, 11) is 0. The molecule has 2 nitrogen and oxygen atoms in total. The molecule has 0 bridgehead atoms. The van der Waals surface area contributed by atoms with E-state index < -0.39 is 0 Å². The van der Waals surface area contributed by atoms with Crippen molar-refractivity contribution in [2.24, 2.45) is 5.73 Å². The fraction of sp³-hybridized carbons (Fsp3) is 0.200. The van der Waals surface area contributed by atoms with Gasteiger partial charge in [0.05, 0.1) is 5.02 Å². The Morgan fingerprint density at radius 2 is 1.95 bits per heavy atom. The average Bonchev–Trinajstić information content (AvgIpc) is 2.37. The summed E-state index contributed by atoms with van der Waals surface area (Å²) in [6.07, 6.45) is 0.505. The van der Waals surface area contributed by atoms with Crippen LogP contribution in [0.25, 0.3) is 0 Å². The Morgan fingerprint density at radius 1 is 1.20 bits per heavy atom. The van der Waals surface area contributed by atoms with E-state index in [1.54, 1.807) is 24.3 Å². The monoisotopic (exact) mass is 313 g/mol. The van der Waals surface area contributed by atoms with E-state index in [2.05, 4.69) is 0 Å². The van der Waals surface area contributed by atoms with Crippen LogP contribution in [0.15, 0.2) is 36.4 Å². The van der Waals surface area contributed by atoms with Crippen molar-refractivity contribution in [2.45, 2.75) is 19.4 Å². The zero-order valence-corrected chi connectivity index (χ0v) is 12.4. The van der Waals surface area contributed by atoms with E-state index in [4.69, 9.17) is 33.7 Å². The number of halogens is 3. The van der Waals surface area contributed by atoms with Crippen LogP contribution in [0.5, 0.6) is 11.5 Å². The number of hydrogen-bond acceptors (Lipinski definition) is 2. The first-order chi connectivity index (χ1) is 9.47. The molecular weight excluding hydrogens is 300 g/mol. The van der Waals surface area contributed by atoms with Crippen LogP contribution in [0.3, 0.4) is 0 Å². The number of hydrogen-bond donors (Lipinski definition) is 1. The van der Waals surface area contributed by atoms with E-state index in [0.717, 1.165) is 0 Å². The first-order valence-electron chi connectivity index (χ1n) is 6.13. The Morgan fingerprint density at radius 3 is 2.65 bits per heavy atom. The topological polar surface area (TPSA) is 35.2 Å².